The van der Waals surface area contributed by atoms with E-state index in [0.717, 1.165) is 11.3 Å². The maximum atomic E-state index is 12.8. The number of anilines is 1. The standard InChI is InChI=1S/C16H15FN2O2S/c1-21-15(20)12-4-8-14(9-5-12)19-16(22)18-10-11-2-6-13(17)7-3-11/h2-9H,10H2,1H3,(H2,18,19,22). The van der Waals surface area contributed by atoms with Gasteiger partial charge in [0.15, 0.2) is 5.11 Å². The first-order valence-corrected chi connectivity index (χ1v) is 6.97. The number of rotatable bonds is 4. The normalized spacial score (nSPS) is 9.91. The number of hydrogen-bond acceptors (Lipinski definition) is 3. The second-order valence-electron chi connectivity index (χ2n) is 4.50. The molecule has 0 aliphatic carbocycles. The fourth-order valence-electron chi connectivity index (χ4n) is 1.77. The van der Waals surface area contributed by atoms with E-state index in [0.29, 0.717) is 17.2 Å². The van der Waals surface area contributed by atoms with Crippen molar-refractivity contribution in [2.75, 3.05) is 12.4 Å². The third-order valence-corrected chi connectivity index (χ3v) is 3.18. The highest BCUT2D eigenvalue weighted by Gasteiger charge is 2.05. The summed E-state index contributed by atoms with van der Waals surface area (Å²) >= 11 is 5.18. The lowest BCUT2D eigenvalue weighted by Gasteiger charge is -2.11. The van der Waals surface area contributed by atoms with Gasteiger partial charge in [-0.25, -0.2) is 9.18 Å². The zero-order chi connectivity index (χ0) is 15.9. The number of thiocarbonyl (C=S) groups is 1. The number of hydrogen-bond donors (Lipinski definition) is 2. The van der Waals surface area contributed by atoms with Crippen LogP contribution in [-0.2, 0) is 11.3 Å². The maximum Gasteiger partial charge on any atom is 0.337 e. The molecule has 0 aliphatic rings. The maximum absolute atomic E-state index is 12.8. The first kappa shape index (κ1) is 15.9. The summed E-state index contributed by atoms with van der Waals surface area (Å²) in [5, 5.41) is 6.46. The summed E-state index contributed by atoms with van der Waals surface area (Å²) in [5.41, 5.74) is 2.15. The number of benzene rings is 2. The Hall–Kier alpha value is -2.47. The topological polar surface area (TPSA) is 50.4 Å². The van der Waals surface area contributed by atoms with Gasteiger partial charge in [-0.05, 0) is 54.2 Å². The molecule has 4 nitrogen and oxygen atoms in total. The van der Waals surface area contributed by atoms with Crippen LogP contribution in [0.1, 0.15) is 15.9 Å². The van der Waals surface area contributed by atoms with E-state index in [1.165, 1.54) is 19.2 Å². The molecule has 6 heteroatoms. The summed E-state index contributed by atoms with van der Waals surface area (Å²) < 4.78 is 17.4. The van der Waals surface area contributed by atoms with Crippen molar-refractivity contribution < 1.29 is 13.9 Å². The van der Waals surface area contributed by atoms with E-state index < -0.39 is 0 Å². The number of methoxy groups -OCH3 is 1. The van der Waals surface area contributed by atoms with Crippen LogP contribution in [0.4, 0.5) is 10.1 Å². The average Bonchev–Trinajstić information content (AvgIpc) is 2.54. The van der Waals surface area contributed by atoms with Crippen molar-refractivity contribution in [1.82, 2.24) is 5.32 Å². The van der Waals surface area contributed by atoms with Gasteiger partial charge in [-0.2, -0.15) is 0 Å². The van der Waals surface area contributed by atoms with E-state index in [2.05, 4.69) is 15.4 Å². The molecule has 114 valence electrons. The first-order valence-electron chi connectivity index (χ1n) is 6.56. The Balaban J connectivity index is 1.86. The minimum atomic E-state index is -0.386. The van der Waals surface area contributed by atoms with Gasteiger partial charge in [-0.3, -0.25) is 0 Å². The molecular weight excluding hydrogens is 303 g/mol. The molecule has 22 heavy (non-hydrogen) atoms. The lowest BCUT2D eigenvalue weighted by Crippen LogP contribution is -2.27. The number of carbonyl (C=O) groups excluding carboxylic acids is 1. The summed E-state index contributed by atoms with van der Waals surface area (Å²) in [4.78, 5) is 11.3. The molecule has 0 amide bonds. The fraction of sp³-hybridized carbons (Fsp3) is 0.125. The van der Waals surface area contributed by atoms with Crippen LogP contribution in [-0.4, -0.2) is 18.2 Å². The SMILES string of the molecule is COC(=O)c1ccc(NC(=S)NCc2ccc(F)cc2)cc1. The van der Waals surface area contributed by atoms with Gasteiger partial charge in [0.25, 0.3) is 0 Å². The Morgan fingerprint density at radius 2 is 1.77 bits per heavy atom. The quantitative estimate of drug-likeness (QED) is 0.670. The van der Waals surface area contributed by atoms with Gasteiger partial charge in [0.05, 0.1) is 12.7 Å². The highest BCUT2D eigenvalue weighted by Crippen LogP contribution is 2.10. The second kappa shape index (κ2) is 7.51. The Morgan fingerprint density at radius 3 is 2.36 bits per heavy atom. The van der Waals surface area contributed by atoms with Crippen LogP contribution in [0.25, 0.3) is 0 Å². The van der Waals surface area contributed by atoms with Crippen molar-refractivity contribution in [1.29, 1.82) is 0 Å². The molecule has 0 radical (unpaired) electrons. The van der Waals surface area contributed by atoms with Crippen molar-refractivity contribution in [3.63, 3.8) is 0 Å². The van der Waals surface area contributed by atoms with E-state index in [9.17, 15) is 9.18 Å². The number of ether oxygens (including phenoxy) is 1. The van der Waals surface area contributed by atoms with Crippen LogP contribution in [0.3, 0.4) is 0 Å². The summed E-state index contributed by atoms with van der Waals surface area (Å²) in [5.74, 6) is -0.654. The zero-order valence-corrected chi connectivity index (χ0v) is 12.7. The minimum Gasteiger partial charge on any atom is -0.465 e. The Morgan fingerprint density at radius 1 is 1.14 bits per heavy atom. The molecule has 0 bridgehead atoms. The number of esters is 1. The lowest BCUT2D eigenvalue weighted by atomic mass is 10.2. The van der Waals surface area contributed by atoms with E-state index in [1.807, 2.05) is 0 Å². The second-order valence-corrected chi connectivity index (χ2v) is 4.91. The van der Waals surface area contributed by atoms with Crippen molar-refractivity contribution in [2.45, 2.75) is 6.54 Å². The lowest BCUT2D eigenvalue weighted by molar-refractivity contribution is 0.0601. The summed E-state index contributed by atoms with van der Waals surface area (Å²) in [6.07, 6.45) is 0. The molecule has 0 unspecified atom stereocenters. The van der Waals surface area contributed by atoms with Crippen LogP contribution in [0.5, 0.6) is 0 Å². The Labute approximate surface area is 133 Å². The zero-order valence-electron chi connectivity index (χ0n) is 11.9. The van der Waals surface area contributed by atoms with Gasteiger partial charge in [0, 0.05) is 12.2 Å². The molecule has 0 fully saturated rings. The van der Waals surface area contributed by atoms with Crippen molar-refractivity contribution >= 4 is 29.0 Å². The summed E-state index contributed by atoms with van der Waals surface area (Å²) in [6.45, 7) is 0.492. The van der Waals surface area contributed by atoms with E-state index in [4.69, 9.17) is 12.2 Å². The van der Waals surface area contributed by atoms with Crippen LogP contribution < -0.4 is 10.6 Å². The van der Waals surface area contributed by atoms with Gasteiger partial charge in [-0.15, -0.1) is 0 Å². The molecule has 0 saturated carbocycles. The molecule has 0 aromatic heterocycles. The monoisotopic (exact) mass is 318 g/mol. The van der Waals surface area contributed by atoms with Crippen molar-refractivity contribution in [3.8, 4) is 0 Å². The van der Waals surface area contributed by atoms with Crippen molar-refractivity contribution in [2.24, 2.45) is 0 Å². The average molecular weight is 318 g/mol. The van der Waals surface area contributed by atoms with E-state index >= 15 is 0 Å². The summed E-state index contributed by atoms with van der Waals surface area (Å²) in [7, 11) is 1.34. The van der Waals surface area contributed by atoms with Crippen molar-refractivity contribution in [3.05, 3.63) is 65.5 Å². The van der Waals surface area contributed by atoms with E-state index in [1.54, 1.807) is 36.4 Å². The van der Waals surface area contributed by atoms with Gasteiger partial charge < -0.3 is 15.4 Å². The molecule has 2 aromatic rings. The summed E-state index contributed by atoms with van der Waals surface area (Å²) in [6, 6.07) is 13.0. The Bertz CT molecular complexity index is 657. The minimum absolute atomic E-state index is 0.268. The largest absolute Gasteiger partial charge is 0.465 e. The molecule has 0 spiro atoms. The molecular formula is C16H15FN2O2S. The highest BCUT2D eigenvalue weighted by molar-refractivity contribution is 7.80. The Kier molecular flexibility index (Phi) is 5.43. The van der Waals surface area contributed by atoms with E-state index in [-0.39, 0.29) is 11.8 Å². The number of carbonyl (C=O) groups is 1. The van der Waals surface area contributed by atoms with Gasteiger partial charge >= 0.3 is 5.97 Å². The van der Waals surface area contributed by atoms with Crippen LogP contribution in [0.15, 0.2) is 48.5 Å². The molecule has 0 atom stereocenters. The van der Waals surface area contributed by atoms with Gasteiger partial charge in [-0.1, -0.05) is 12.1 Å². The smallest absolute Gasteiger partial charge is 0.337 e. The van der Waals surface area contributed by atoms with Crippen LogP contribution >= 0.6 is 12.2 Å². The molecule has 2 aromatic carbocycles. The molecule has 2 rings (SSSR count). The first-order chi connectivity index (χ1) is 10.6. The number of nitrogens with one attached hydrogen (secondary N) is 2. The fourth-order valence-corrected chi connectivity index (χ4v) is 1.96. The molecule has 0 heterocycles. The third-order valence-electron chi connectivity index (χ3n) is 2.93. The molecule has 0 aliphatic heterocycles. The molecule has 0 saturated heterocycles. The predicted molar refractivity (Wildman–Crippen MR) is 87.2 cm³/mol. The third kappa shape index (κ3) is 4.53. The highest BCUT2D eigenvalue weighted by atomic mass is 32.1. The predicted octanol–water partition coefficient (Wildman–Crippen LogP) is 3.10. The number of halogens is 1. The van der Waals surface area contributed by atoms with Crippen LogP contribution in [0, 0.1) is 5.82 Å². The molecule has 2 N–H and O–H groups in total. The van der Waals surface area contributed by atoms with Gasteiger partial charge in [0.1, 0.15) is 5.82 Å². The van der Waals surface area contributed by atoms with Gasteiger partial charge in [0.2, 0.25) is 0 Å². The van der Waals surface area contributed by atoms with Crippen LogP contribution in [0.2, 0.25) is 0 Å².